The predicted octanol–water partition coefficient (Wildman–Crippen LogP) is 3.08. The SMILES string of the molecule is CO[C@@H](C)C(=O)OC1Cc2ccccc2C1Oc1cccn2c(C=O)c(C)nc12. The number of methoxy groups -OCH3 is 1. The lowest BCUT2D eigenvalue weighted by Gasteiger charge is -2.23. The van der Waals surface area contributed by atoms with E-state index in [9.17, 15) is 9.59 Å². The number of nitrogens with zero attached hydrogens (tertiary/aromatic N) is 2. The highest BCUT2D eigenvalue weighted by molar-refractivity contribution is 5.77. The minimum absolute atomic E-state index is 0.433. The van der Waals surface area contributed by atoms with Crippen LogP contribution in [-0.4, -0.2) is 41.0 Å². The molecule has 2 aromatic heterocycles. The lowest BCUT2D eigenvalue weighted by molar-refractivity contribution is -0.163. The van der Waals surface area contributed by atoms with Gasteiger partial charge in [-0.15, -0.1) is 0 Å². The molecule has 0 saturated carbocycles. The van der Waals surface area contributed by atoms with E-state index in [1.165, 1.54) is 7.11 Å². The number of rotatable bonds is 6. The fourth-order valence-corrected chi connectivity index (χ4v) is 3.65. The molecule has 0 fully saturated rings. The zero-order valence-corrected chi connectivity index (χ0v) is 16.5. The van der Waals surface area contributed by atoms with Crippen molar-refractivity contribution in [3.8, 4) is 5.75 Å². The number of carbonyl (C=O) groups excluding carboxylic acids is 2. The summed E-state index contributed by atoms with van der Waals surface area (Å²) in [5, 5.41) is 0. The highest BCUT2D eigenvalue weighted by atomic mass is 16.6. The van der Waals surface area contributed by atoms with Gasteiger partial charge in [0.25, 0.3) is 0 Å². The third kappa shape index (κ3) is 3.38. The molecule has 3 atom stereocenters. The van der Waals surface area contributed by atoms with Crippen molar-refractivity contribution >= 4 is 17.9 Å². The number of hydrogen-bond acceptors (Lipinski definition) is 6. The Labute approximate surface area is 168 Å². The van der Waals surface area contributed by atoms with Gasteiger partial charge in [0, 0.05) is 19.7 Å². The summed E-state index contributed by atoms with van der Waals surface area (Å²) in [6.07, 6.45) is 1.47. The van der Waals surface area contributed by atoms with Gasteiger partial charge in [-0.25, -0.2) is 9.78 Å². The number of hydrogen-bond donors (Lipinski definition) is 0. The first-order chi connectivity index (χ1) is 14.0. The molecule has 0 bridgehead atoms. The van der Waals surface area contributed by atoms with Crippen molar-refractivity contribution in [2.24, 2.45) is 0 Å². The van der Waals surface area contributed by atoms with Gasteiger partial charge in [0.05, 0.1) is 5.69 Å². The Balaban J connectivity index is 1.70. The standard InChI is InChI=1S/C22H22N2O5/c1-13-17(12-25)24-10-6-9-18(21(24)23-13)28-20-16-8-5-4-7-15(16)11-19(20)29-22(26)14(2)27-3/h4-10,12,14,19-20H,11H2,1-3H3/t14-,19?,20?/m0/s1. The third-order valence-corrected chi connectivity index (χ3v) is 5.27. The summed E-state index contributed by atoms with van der Waals surface area (Å²) in [7, 11) is 1.47. The fraction of sp³-hybridized carbons (Fsp3) is 0.318. The number of esters is 1. The summed E-state index contributed by atoms with van der Waals surface area (Å²) >= 11 is 0. The van der Waals surface area contributed by atoms with Gasteiger partial charge in [-0.3, -0.25) is 9.20 Å². The molecule has 0 aliphatic heterocycles. The van der Waals surface area contributed by atoms with Gasteiger partial charge in [0.15, 0.2) is 29.9 Å². The highest BCUT2D eigenvalue weighted by Crippen LogP contribution is 2.38. The quantitative estimate of drug-likeness (QED) is 0.472. The second-order valence-electron chi connectivity index (χ2n) is 7.06. The van der Waals surface area contributed by atoms with Crippen molar-refractivity contribution in [1.29, 1.82) is 0 Å². The summed E-state index contributed by atoms with van der Waals surface area (Å²) in [4.78, 5) is 28.2. The average molecular weight is 394 g/mol. The Morgan fingerprint density at radius 2 is 2.07 bits per heavy atom. The van der Waals surface area contributed by atoms with Crippen molar-refractivity contribution in [2.75, 3.05) is 7.11 Å². The Kier molecular flexibility index (Phi) is 5.07. The van der Waals surface area contributed by atoms with Crippen LogP contribution in [0.3, 0.4) is 0 Å². The molecular formula is C22H22N2O5. The number of aldehydes is 1. The van der Waals surface area contributed by atoms with Crippen LogP contribution in [0.15, 0.2) is 42.6 Å². The molecule has 2 unspecified atom stereocenters. The number of ether oxygens (including phenoxy) is 3. The monoisotopic (exact) mass is 394 g/mol. The molecule has 1 aliphatic carbocycles. The second kappa shape index (κ2) is 7.67. The van der Waals surface area contributed by atoms with Gasteiger partial charge in [0.2, 0.25) is 0 Å². The van der Waals surface area contributed by atoms with Crippen LogP contribution < -0.4 is 4.74 Å². The van der Waals surface area contributed by atoms with E-state index in [0.29, 0.717) is 29.2 Å². The zero-order chi connectivity index (χ0) is 20.5. The first-order valence-corrected chi connectivity index (χ1v) is 9.44. The molecule has 1 aliphatic rings. The van der Waals surface area contributed by atoms with Gasteiger partial charge in [-0.1, -0.05) is 24.3 Å². The molecule has 0 N–H and O–H groups in total. The molecule has 150 valence electrons. The number of aryl methyl sites for hydroxylation is 1. The van der Waals surface area contributed by atoms with E-state index in [0.717, 1.165) is 17.4 Å². The third-order valence-electron chi connectivity index (χ3n) is 5.27. The maximum absolute atomic E-state index is 12.3. The smallest absolute Gasteiger partial charge is 0.335 e. The van der Waals surface area contributed by atoms with Gasteiger partial charge < -0.3 is 14.2 Å². The molecule has 0 radical (unpaired) electrons. The van der Waals surface area contributed by atoms with E-state index in [1.54, 1.807) is 36.6 Å². The molecule has 7 nitrogen and oxygen atoms in total. The van der Waals surface area contributed by atoms with Crippen LogP contribution in [0.25, 0.3) is 5.65 Å². The summed E-state index contributed by atoms with van der Waals surface area (Å²) in [5.74, 6) is 0.0863. The van der Waals surface area contributed by atoms with Crippen LogP contribution >= 0.6 is 0 Å². The summed E-state index contributed by atoms with van der Waals surface area (Å²) in [6, 6.07) is 11.5. The van der Waals surface area contributed by atoms with Crippen LogP contribution in [0.4, 0.5) is 0 Å². The number of benzene rings is 1. The average Bonchev–Trinajstić information content (AvgIpc) is 3.24. The van der Waals surface area contributed by atoms with Gasteiger partial charge in [-0.2, -0.15) is 0 Å². The van der Waals surface area contributed by atoms with Crippen molar-refractivity contribution in [3.05, 3.63) is 65.1 Å². The number of carbonyl (C=O) groups is 2. The molecule has 0 saturated heterocycles. The van der Waals surface area contributed by atoms with E-state index in [-0.39, 0.29) is 0 Å². The van der Waals surface area contributed by atoms with Crippen molar-refractivity contribution < 1.29 is 23.8 Å². The van der Waals surface area contributed by atoms with E-state index in [1.807, 2.05) is 24.3 Å². The zero-order valence-electron chi connectivity index (χ0n) is 16.5. The molecule has 2 heterocycles. The Hall–Kier alpha value is -3.19. The fourth-order valence-electron chi connectivity index (χ4n) is 3.65. The normalized spacial score (nSPS) is 19.0. The lowest BCUT2D eigenvalue weighted by atomic mass is 10.1. The van der Waals surface area contributed by atoms with E-state index in [2.05, 4.69) is 4.98 Å². The molecule has 7 heteroatoms. The Bertz CT molecular complexity index is 1070. The Morgan fingerprint density at radius 3 is 2.83 bits per heavy atom. The van der Waals surface area contributed by atoms with Gasteiger partial charge in [0.1, 0.15) is 11.8 Å². The molecule has 0 amide bonds. The molecule has 3 aromatic rings. The van der Waals surface area contributed by atoms with E-state index in [4.69, 9.17) is 14.2 Å². The van der Waals surface area contributed by atoms with Gasteiger partial charge >= 0.3 is 5.97 Å². The number of aromatic nitrogens is 2. The lowest BCUT2D eigenvalue weighted by Crippen LogP contribution is -2.31. The van der Waals surface area contributed by atoms with E-state index >= 15 is 0 Å². The maximum Gasteiger partial charge on any atom is 0.335 e. The molecular weight excluding hydrogens is 372 g/mol. The van der Waals surface area contributed by atoms with E-state index < -0.39 is 24.3 Å². The van der Waals surface area contributed by atoms with Gasteiger partial charge in [-0.05, 0) is 37.1 Å². The maximum atomic E-state index is 12.3. The minimum atomic E-state index is -0.659. The Morgan fingerprint density at radius 1 is 1.28 bits per heavy atom. The number of imidazole rings is 1. The van der Waals surface area contributed by atoms with Crippen molar-refractivity contribution in [1.82, 2.24) is 9.38 Å². The van der Waals surface area contributed by atoms with Crippen molar-refractivity contribution in [3.63, 3.8) is 0 Å². The highest BCUT2D eigenvalue weighted by Gasteiger charge is 2.38. The largest absolute Gasteiger partial charge is 0.478 e. The molecule has 1 aromatic carbocycles. The minimum Gasteiger partial charge on any atom is -0.478 e. The van der Waals surface area contributed by atoms with Crippen LogP contribution in [0, 0.1) is 6.92 Å². The van der Waals surface area contributed by atoms with Crippen LogP contribution in [0.2, 0.25) is 0 Å². The van der Waals surface area contributed by atoms with Crippen LogP contribution in [0.1, 0.15) is 40.3 Å². The molecule has 4 rings (SSSR count). The topological polar surface area (TPSA) is 79.1 Å². The number of fused-ring (bicyclic) bond motifs is 2. The van der Waals surface area contributed by atoms with Crippen LogP contribution in [0.5, 0.6) is 5.75 Å². The second-order valence-corrected chi connectivity index (χ2v) is 7.06. The summed E-state index contributed by atoms with van der Waals surface area (Å²) in [6.45, 7) is 3.43. The van der Waals surface area contributed by atoms with Crippen LogP contribution in [-0.2, 0) is 20.7 Å². The number of pyridine rings is 1. The first kappa shape index (κ1) is 19.1. The predicted molar refractivity (Wildman–Crippen MR) is 105 cm³/mol. The summed E-state index contributed by atoms with van der Waals surface area (Å²) < 4.78 is 18.8. The molecule has 29 heavy (non-hydrogen) atoms. The first-order valence-electron chi connectivity index (χ1n) is 9.44. The molecule has 0 spiro atoms. The van der Waals surface area contributed by atoms with Crippen molar-refractivity contribution in [2.45, 2.75) is 38.6 Å². The summed E-state index contributed by atoms with van der Waals surface area (Å²) in [5.41, 5.74) is 3.69.